The van der Waals surface area contributed by atoms with Crippen LogP contribution in [0.2, 0.25) is 0 Å². The molecular formula is C52H35NO. The van der Waals surface area contributed by atoms with Crippen LogP contribution in [0, 0.1) is 0 Å². The fraction of sp³-hybridized carbons (Fsp3) is 0. The number of para-hydroxylation sites is 1. The van der Waals surface area contributed by atoms with Crippen molar-refractivity contribution in [3.63, 3.8) is 0 Å². The zero-order valence-electron chi connectivity index (χ0n) is 29.6. The lowest BCUT2D eigenvalue weighted by atomic mass is 9.98. The lowest BCUT2D eigenvalue weighted by Gasteiger charge is -2.26. The van der Waals surface area contributed by atoms with Crippen molar-refractivity contribution in [3.8, 4) is 44.5 Å². The van der Waals surface area contributed by atoms with E-state index in [9.17, 15) is 0 Å². The van der Waals surface area contributed by atoms with Gasteiger partial charge >= 0.3 is 0 Å². The average molecular weight is 690 g/mol. The highest BCUT2D eigenvalue weighted by atomic mass is 16.3. The smallest absolute Gasteiger partial charge is 0.136 e. The lowest BCUT2D eigenvalue weighted by molar-refractivity contribution is 0.669. The van der Waals surface area contributed by atoms with Crippen LogP contribution < -0.4 is 4.90 Å². The van der Waals surface area contributed by atoms with Crippen LogP contribution >= 0.6 is 0 Å². The van der Waals surface area contributed by atoms with Crippen molar-refractivity contribution in [2.45, 2.75) is 0 Å². The van der Waals surface area contributed by atoms with Crippen molar-refractivity contribution in [1.82, 2.24) is 0 Å². The molecule has 2 heteroatoms. The van der Waals surface area contributed by atoms with Gasteiger partial charge in [0.2, 0.25) is 0 Å². The van der Waals surface area contributed by atoms with Gasteiger partial charge in [-0.25, -0.2) is 0 Å². The van der Waals surface area contributed by atoms with E-state index in [-0.39, 0.29) is 0 Å². The zero-order valence-corrected chi connectivity index (χ0v) is 29.6. The fourth-order valence-corrected chi connectivity index (χ4v) is 7.72. The minimum absolute atomic E-state index is 0.904. The van der Waals surface area contributed by atoms with Crippen LogP contribution in [0.4, 0.5) is 17.1 Å². The van der Waals surface area contributed by atoms with E-state index in [0.717, 1.165) is 44.6 Å². The molecule has 0 aliphatic heterocycles. The number of nitrogens with zero attached hydrogens (tertiary/aromatic N) is 1. The van der Waals surface area contributed by atoms with E-state index in [0.29, 0.717) is 0 Å². The van der Waals surface area contributed by atoms with Gasteiger partial charge in [0.05, 0.1) is 0 Å². The summed E-state index contributed by atoms with van der Waals surface area (Å²) < 4.78 is 6.30. The molecule has 1 aromatic heterocycles. The van der Waals surface area contributed by atoms with Crippen LogP contribution in [0.5, 0.6) is 0 Å². The van der Waals surface area contributed by atoms with Crippen molar-refractivity contribution in [1.29, 1.82) is 0 Å². The van der Waals surface area contributed by atoms with Crippen molar-refractivity contribution >= 4 is 49.8 Å². The summed E-state index contributed by atoms with van der Waals surface area (Å²) in [6, 6.07) is 75.8. The lowest BCUT2D eigenvalue weighted by Crippen LogP contribution is -2.09. The van der Waals surface area contributed by atoms with E-state index in [2.05, 4.69) is 211 Å². The largest absolute Gasteiger partial charge is 0.456 e. The van der Waals surface area contributed by atoms with Crippen LogP contribution in [0.3, 0.4) is 0 Å². The highest BCUT2D eigenvalue weighted by Crippen LogP contribution is 2.39. The number of furan rings is 1. The van der Waals surface area contributed by atoms with Gasteiger partial charge in [0.25, 0.3) is 0 Å². The summed E-state index contributed by atoms with van der Waals surface area (Å²) >= 11 is 0. The van der Waals surface area contributed by atoms with E-state index in [1.807, 2.05) is 6.07 Å². The molecule has 0 radical (unpaired) electrons. The van der Waals surface area contributed by atoms with Crippen LogP contribution in [0.25, 0.3) is 77.2 Å². The molecule has 0 bridgehead atoms. The Morgan fingerprint density at radius 1 is 0.278 bits per heavy atom. The van der Waals surface area contributed by atoms with E-state index < -0.39 is 0 Å². The SMILES string of the molecule is c1ccc(-c2ccc3c(c2)oc2ccc(-c4ccc(-c5ccc(N(c6ccccc6)c6ccc(-c7cccc8ccccc78)cc6)cc5)cc4)cc23)cc1. The Morgan fingerprint density at radius 2 is 0.778 bits per heavy atom. The minimum Gasteiger partial charge on any atom is -0.456 e. The summed E-state index contributed by atoms with van der Waals surface area (Å²) in [6.07, 6.45) is 0. The Labute approximate surface area is 314 Å². The van der Waals surface area contributed by atoms with Gasteiger partial charge in [0.15, 0.2) is 0 Å². The second-order valence-electron chi connectivity index (χ2n) is 13.8. The van der Waals surface area contributed by atoms with Gasteiger partial charge in [-0.3, -0.25) is 0 Å². The monoisotopic (exact) mass is 689 g/mol. The number of rotatable bonds is 7. The maximum Gasteiger partial charge on any atom is 0.136 e. The van der Waals surface area contributed by atoms with Gasteiger partial charge < -0.3 is 9.32 Å². The molecule has 0 aliphatic carbocycles. The second-order valence-corrected chi connectivity index (χ2v) is 13.8. The fourth-order valence-electron chi connectivity index (χ4n) is 7.72. The first-order valence-corrected chi connectivity index (χ1v) is 18.4. The molecule has 0 aliphatic rings. The van der Waals surface area contributed by atoms with Crippen LogP contribution in [0.1, 0.15) is 0 Å². The first-order valence-electron chi connectivity index (χ1n) is 18.4. The molecule has 0 fully saturated rings. The predicted octanol–water partition coefficient (Wildman–Crippen LogP) is 14.9. The van der Waals surface area contributed by atoms with Crippen LogP contribution in [-0.2, 0) is 0 Å². The van der Waals surface area contributed by atoms with Crippen molar-refractivity contribution in [3.05, 3.63) is 212 Å². The van der Waals surface area contributed by atoms with Gasteiger partial charge in [-0.15, -0.1) is 0 Å². The normalized spacial score (nSPS) is 11.3. The summed E-state index contributed by atoms with van der Waals surface area (Å²) in [5.74, 6) is 0. The topological polar surface area (TPSA) is 16.4 Å². The van der Waals surface area contributed by atoms with Gasteiger partial charge in [-0.1, -0.05) is 152 Å². The number of anilines is 3. The summed E-state index contributed by atoms with van der Waals surface area (Å²) in [4.78, 5) is 2.32. The molecule has 9 aromatic carbocycles. The summed E-state index contributed by atoms with van der Waals surface area (Å²) in [5.41, 5.74) is 14.6. The number of fused-ring (bicyclic) bond motifs is 4. The Morgan fingerprint density at radius 3 is 1.50 bits per heavy atom. The maximum atomic E-state index is 6.30. The van der Waals surface area contributed by atoms with E-state index >= 15 is 0 Å². The van der Waals surface area contributed by atoms with Gasteiger partial charge in [-0.05, 0) is 116 Å². The molecule has 0 atom stereocenters. The Balaban J connectivity index is 0.923. The third-order valence-corrected chi connectivity index (χ3v) is 10.5. The van der Waals surface area contributed by atoms with Crippen molar-refractivity contribution in [2.24, 2.45) is 0 Å². The van der Waals surface area contributed by atoms with E-state index in [1.165, 1.54) is 49.7 Å². The molecule has 1 heterocycles. The molecule has 10 rings (SSSR count). The average Bonchev–Trinajstić information content (AvgIpc) is 3.62. The Kier molecular flexibility index (Phi) is 7.85. The summed E-state index contributed by atoms with van der Waals surface area (Å²) in [6.45, 7) is 0. The Bertz CT molecular complexity index is 2880. The van der Waals surface area contributed by atoms with Crippen LogP contribution in [-0.4, -0.2) is 0 Å². The molecule has 0 saturated carbocycles. The predicted molar refractivity (Wildman–Crippen MR) is 228 cm³/mol. The first kappa shape index (κ1) is 31.6. The molecule has 0 unspecified atom stereocenters. The molecule has 254 valence electrons. The molecule has 0 N–H and O–H groups in total. The Hall–Kier alpha value is -7.16. The van der Waals surface area contributed by atoms with Crippen LogP contribution in [0.15, 0.2) is 217 Å². The van der Waals surface area contributed by atoms with E-state index in [4.69, 9.17) is 4.42 Å². The third kappa shape index (κ3) is 5.81. The molecule has 10 aromatic rings. The van der Waals surface area contributed by atoms with Gasteiger partial charge in [-0.2, -0.15) is 0 Å². The van der Waals surface area contributed by atoms with E-state index in [1.54, 1.807) is 0 Å². The highest BCUT2D eigenvalue weighted by Gasteiger charge is 2.14. The standard InChI is InChI=1S/C52H35NO/c1-3-10-36(11-4-1)43-26-32-49-50-34-42(27-33-51(50)54-52(49)35-43)39-20-18-37(19-21-39)38-22-28-45(29-23-38)53(44-14-5-2-6-15-44)46-30-24-41(25-31-46)48-17-9-13-40-12-7-8-16-47(40)48/h1-35H. The van der Waals surface area contributed by atoms with Crippen molar-refractivity contribution in [2.75, 3.05) is 4.90 Å². The molecular weight excluding hydrogens is 655 g/mol. The molecule has 2 nitrogen and oxygen atoms in total. The summed E-state index contributed by atoms with van der Waals surface area (Å²) in [5, 5.41) is 4.78. The molecule has 0 saturated heterocycles. The quantitative estimate of drug-likeness (QED) is 0.166. The van der Waals surface area contributed by atoms with Gasteiger partial charge in [0.1, 0.15) is 11.2 Å². The molecule has 54 heavy (non-hydrogen) atoms. The highest BCUT2D eigenvalue weighted by molar-refractivity contribution is 6.07. The summed E-state index contributed by atoms with van der Waals surface area (Å²) in [7, 11) is 0. The zero-order chi connectivity index (χ0) is 35.8. The third-order valence-electron chi connectivity index (χ3n) is 10.5. The second kappa shape index (κ2) is 13.4. The molecule has 0 spiro atoms. The van der Waals surface area contributed by atoms with Gasteiger partial charge in [0, 0.05) is 27.8 Å². The van der Waals surface area contributed by atoms with Crippen molar-refractivity contribution < 1.29 is 4.42 Å². The molecule has 0 amide bonds. The minimum atomic E-state index is 0.904. The first-order chi connectivity index (χ1) is 26.7. The maximum absolute atomic E-state index is 6.30. The number of hydrogen-bond acceptors (Lipinski definition) is 2. The number of hydrogen-bond donors (Lipinski definition) is 0. The number of benzene rings is 9.